The van der Waals surface area contributed by atoms with Crippen LogP contribution in [0.1, 0.15) is 43.0 Å². The number of rotatable bonds is 5. The third-order valence-corrected chi connectivity index (χ3v) is 5.72. The Bertz CT molecular complexity index is 634. The van der Waals surface area contributed by atoms with Gasteiger partial charge in [0.2, 0.25) is 0 Å². The second-order valence-corrected chi connectivity index (χ2v) is 7.59. The first-order valence-electron chi connectivity index (χ1n) is 9.75. The van der Waals surface area contributed by atoms with Crippen molar-refractivity contribution >= 4 is 23.5 Å². The lowest BCUT2D eigenvalue weighted by Gasteiger charge is -2.22. The molecule has 2 fully saturated rings. The van der Waals surface area contributed by atoms with E-state index in [1.165, 1.54) is 25.7 Å². The SMILES string of the molecule is CCNC(=NCCNC(=O)c1ccccc1Cl)N1CC2CCCCC2C1. The molecular formula is C20H29ClN4O. The minimum atomic E-state index is -0.150. The number of aliphatic imine (C=N–C) groups is 1. The minimum absolute atomic E-state index is 0.150. The average Bonchev–Trinajstić information content (AvgIpc) is 3.08. The molecule has 6 heteroatoms. The van der Waals surface area contributed by atoms with Crippen LogP contribution in [-0.2, 0) is 0 Å². The molecule has 2 unspecified atom stereocenters. The zero-order valence-electron chi connectivity index (χ0n) is 15.5. The number of fused-ring (bicyclic) bond motifs is 1. The Balaban J connectivity index is 1.51. The first-order valence-corrected chi connectivity index (χ1v) is 10.1. The number of guanidine groups is 1. The Kier molecular flexibility index (Phi) is 6.78. The molecular weight excluding hydrogens is 348 g/mol. The fraction of sp³-hybridized carbons (Fsp3) is 0.600. The number of benzene rings is 1. The highest BCUT2D eigenvalue weighted by Crippen LogP contribution is 2.35. The Morgan fingerprint density at radius 2 is 1.88 bits per heavy atom. The van der Waals surface area contributed by atoms with E-state index < -0.39 is 0 Å². The Morgan fingerprint density at radius 3 is 2.54 bits per heavy atom. The van der Waals surface area contributed by atoms with Crippen molar-refractivity contribution in [2.24, 2.45) is 16.8 Å². The van der Waals surface area contributed by atoms with Crippen LogP contribution in [-0.4, -0.2) is 49.5 Å². The van der Waals surface area contributed by atoms with Crippen LogP contribution in [0.3, 0.4) is 0 Å². The molecule has 0 spiro atoms. The van der Waals surface area contributed by atoms with Gasteiger partial charge in [-0.25, -0.2) is 0 Å². The van der Waals surface area contributed by atoms with Crippen LogP contribution in [0.25, 0.3) is 0 Å². The minimum Gasteiger partial charge on any atom is -0.357 e. The predicted octanol–water partition coefficient (Wildman–Crippen LogP) is 3.16. The highest BCUT2D eigenvalue weighted by molar-refractivity contribution is 6.33. The van der Waals surface area contributed by atoms with Crippen molar-refractivity contribution in [1.29, 1.82) is 0 Å². The summed E-state index contributed by atoms with van der Waals surface area (Å²) >= 11 is 6.06. The van der Waals surface area contributed by atoms with E-state index in [-0.39, 0.29) is 5.91 Å². The van der Waals surface area contributed by atoms with Crippen LogP contribution >= 0.6 is 11.6 Å². The van der Waals surface area contributed by atoms with Crippen molar-refractivity contribution in [2.45, 2.75) is 32.6 Å². The molecule has 1 aromatic rings. The highest BCUT2D eigenvalue weighted by Gasteiger charge is 2.35. The van der Waals surface area contributed by atoms with Gasteiger partial charge in [0.15, 0.2) is 5.96 Å². The zero-order chi connectivity index (χ0) is 18.4. The van der Waals surface area contributed by atoms with Gasteiger partial charge in [0.05, 0.1) is 17.1 Å². The maximum atomic E-state index is 12.2. The lowest BCUT2D eigenvalue weighted by molar-refractivity contribution is 0.0955. The number of amides is 1. The molecule has 2 N–H and O–H groups in total. The number of hydrogen-bond acceptors (Lipinski definition) is 2. The van der Waals surface area contributed by atoms with E-state index in [0.717, 1.165) is 37.4 Å². The lowest BCUT2D eigenvalue weighted by atomic mass is 9.82. The first kappa shape index (κ1) is 19.0. The molecule has 0 radical (unpaired) electrons. The molecule has 26 heavy (non-hydrogen) atoms. The smallest absolute Gasteiger partial charge is 0.252 e. The highest BCUT2D eigenvalue weighted by atomic mass is 35.5. The number of carbonyl (C=O) groups is 1. The van der Waals surface area contributed by atoms with Gasteiger partial charge in [-0.2, -0.15) is 0 Å². The Labute approximate surface area is 161 Å². The van der Waals surface area contributed by atoms with Crippen molar-refractivity contribution in [1.82, 2.24) is 15.5 Å². The van der Waals surface area contributed by atoms with Crippen molar-refractivity contribution in [3.05, 3.63) is 34.9 Å². The second-order valence-electron chi connectivity index (χ2n) is 7.18. The summed E-state index contributed by atoms with van der Waals surface area (Å²) in [5, 5.41) is 6.78. The molecule has 2 atom stereocenters. The largest absolute Gasteiger partial charge is 0.357 e. The molecule has 1 aromatic carbocycles. The van der Waals surface area contributed by atoms with Crippen molar-refractivity contribution in [2.75, 3.05) is 32.7 Å². The van der Waals surface area contributed by atoms with Crippen molar-refractivity contribution in [3.63, 3.8) is 0 Å². The molecule has 1 aliphatic heterocycles. The molecule has 0 bridgehead atoms. The van der Waals surface area contributed by atoms with Crippen LogP contribution in [0.15, 0.2) is 29.3 Å². The summed E-state index contributed by atoms with van der Waals surface area (Å²) in [7, 11) is 0. The summed E-state index contributed by atoms with van der Waals surface area (Å²) < 4.78 is 0. The predicted molar refractivity (Wildman–Crippen MR) is 107 cm³/mol. The number of nitrogens with one attached hydrogen (secondary N) is 2. The van der Waals surface area contributed by atoms with Gasteiger partial charge in [0.25, 0.3) is 5.91 Å². The molecule has 1 saturated heterocycles. The molecule has 5 nitrogen and oxygen atoms in total. The zero-order valence-corrected chi connectivity index (χ0v) is 16.3. The van der Waals surface area contributed by atoms with Gasteiger partial charge in [0.1, 0.15) is 0 Å². The van der Waals surface area contributed by atoms with E-state index in [1.54, 1.807) is 12.1 Å². The standard InChI is InChI=1S/C20H29ClN4O/c1-2-22-20(25-13-15-7-3-4-8-16(15)14-25)24-12-11-23-19(26)17-9-5-6-10-18(17)21/h5-6,9-10,15-16H,2-4,7-8,11-14H2,1H3,(H,22,24)(H,23,26). The van der Waals surface area contributed by atoms with Gasteiger partial charge < -0.3 is 15.5 Å². The number of likely N-dealkylation sites (tertiary alicyclic amines) is 1. The summed E-state index contributed by atoms with van der Waals surface area (Å²) in [6.07, 6.45) is 5.45. The summed E-state index contributed by atoms with van der Waals surface area (Å²) in [5.74, 6) is 2.48. The van der Waals surface area contributed by atoms with Gasteiger partial charge in [-0.05, 0) is 43.7 Å². The summed E-state index contributed by atoms with van der Waals surface area (Å²) in [6.45, 7) is 6.24. The maximum Gasteiger partial charge on any atom is 0.252 e. The summed E-state index contributed by atoms with van der Waals surface area (Å²) in [5.41, 5.74) is 0.508. The van der Waals surface area contributed by atoms with Crippen LogP contribution in [0.4, 0.5) is 0 Å². The number of carbonyl (C=O) groups excluding carboxylic acids is 1. The van der Waals surface area contributed by atoms with Crippen LogP contribution in [0.5, 0.6) is 0 Å². The second kappa shape index (κ2) is 9.26. The lowest BCUT2D eigenvalue weighted by Crippen LogP contribution is -2.41. The molecule has 142 valence electrons. The van der Waals surface area contributed by atoms with Gasteiger partial charge >= 0.3 is 0 Å². The molecule has 1 amide bonds. The molecule has 1 aliphatic carbocycles. The van der Waals surface area contributed by atoms with E-state index in [0.29, 0.717) is 23.7 Å². The average molecular weight is 377 g/mol. The fourth-order valence-electron chi connectivity index (χ4n) is 4.08. The van der Waals surface area contributed by atoms with Crippen LogP contribution < -0.4 is 10.6 Å². The van der Waals surface area contributed by atoms with E-state index in [1.807, 2.05) is 12.1 Å². The molecule has 0 aromatic heterocycles. The van der Waals surface area contributed by atoms with Gasteiger partial charge in [0, 0.05) is 26.2 Å². The third kappa shape index (κ3) is 4.70. The van der Waals surface area contributed by atoms with Crippen LogP contribution in [0, 0.1) is 11.8 Å². The van der Waals surface area contributed by atoms with Gasteiger partial charge in [-0.1, -0.05) is 36.6 Å². The number of nitrogens with zero attached hydrogens (tertiary/aromatic N) is 2. The first-order chi connectivity index (χ1) is 12.7. The van der Waals surface area contributed by atoms with E-state index in [2.05, 4.69) is 22.5 Å². The molecule has 1 saturated carbocycles. The monoisotopic (exact) mass is 376 g/mol. The number of halogens is 1. The van der Waals surface area contributed by atoms with E-state index in [4.69, 9.17) is 16.6 Å². The summed E-state index contributed by atoms with van der Waals surface area (Å²) in [6, 6.07) is 7.09. The summed E-state index contributed by atoms with van der Waals surface area (Å²) in [4.78, 5) is 19.3. The normalized spacial score (nSPS) is 22.8. The van der Waals surface area contributed by atoms with Gasteiger partial charge in [-0.15, -0.1) is 0 Å². The quantitative estimate of drug-likeness (QED) is 0.471. The van der Waals surface area contributed by atoms with E-state index in [9.17, 15) is 4.79 Å². The maximum absolute atomic E-state index is 12.2. The van der Waals surface area contributed by atoms with Crippen LogP contribution in [0.2, 0.25) is 5.02 Å². The van der Waals surface area contributed by atoms with Crippen molar-refractivity contribution < 1.29 is 4.79 Å². The number of hydrogen-bond donors (Lipinski definition) is 2. The topological polar surface area (TPSA) is 56.7 Å². The Morgan fingerprint density at radius 1 is 1.19 bits per heavy atom. The third-order valence-electron chi connectivity index (χ3n) is 5.39. The van der Waals surface area contributed by atoms with Gasteiger partial charge in [-0.3, -0.25) is 9.79 Å². The molecule has 3 rings (SSSR count). The fourth-order valence-corrected chi connectivity index (χ4v) is 4.30. The van der Waals surface area contributed by atoms with E-state index >= 15 is 0 Å². The van der Waals surface area contributed by atoms with Crippen molar-refractivity contribution in [3.8, 4) is 0 Å². The molecule has 2 aliphatic rings. The molecule has 1 heterocycles. The Hall–Kier alpha value is -1.75.